The van der Waals surface area contributed by atoms with Crippen molar-refractivity contribution in [3.05, 3.63) is 24.3 Å². The molecule has 0 aliphatic carbocycles. The third-order valence-electron chi connectivity index (χ3n) is 2.50. The number of nitrogens with zero attached hydrogens (tertiary/aromatic N) is 2. The van der Waals surface area contributed by atoms with E-state index >= 15 is 0 Å². The standard InChI is InChI=1S/C10H14FN3/c1-2-14-6-9(7-14)13-8-3-4-12-10(11)5-8/h3-5,9H,2,6-7H2,1H3,(H,12,13). The lowest BCUT2D eigenvalue weighted by molar-refractivity contribution is 0.171. The van der Waals surface area contributed by atoms with Crippen LogP contribution in [0, 0.1) is 5.95 Å². The monoisotopic (exact) mass is 195 g/mol. The lowest BCUT2D eigenvalue weighted by Crippen LogP contribution is -2.54. The molecule has 3 nitrogen and oxygen atoms in total. The summed E-state index contributed by atoms with van der Waals surface area (Å²) in [6.07, 6.45) is 1.48. The van der Waals surface area contributed by atoms with Crippen LogP contribution in [0.2, 0.25) is 0 Å². The van der Waals surface area contributed by atoms with Crippen LogP contribution in [-0.2, 0) is 0 Å². The Labute approximate surface area is 82.9 Å². The van der Waals surface area contributed by atoms with Crippen molar-refractivity contribution >= 4 is 5.69 Å². The normalized spacial score (nSPS) is 17.9. The molecule has 0 radical (unpaired) electrons. The molecule has 2 rings (SSSR count). The molecule has 76 valence electrons. The van der Waals surface area contributed by atoms with Crippen molar-refractivity contribution in [1.29, 1.82) is 0 Å². The summed E-state index contributed by atoms with van der Waals surface area (Å²) < 4.78 is 12.7. The van der Waals surface area contributed by atoms with E-state index in [2.05, 4.69) is 22.1 Å². The fourth-order valence-electron chi connectivity index (χ4n) is 1.65. The van der Waals surface area contributed by atoms with Crippen LogP contribution in [0.15, 0.2) is 18.3 Å². The fourth-order valence-corrected chi connectivity index (χ4v) is 1.65. The number of pyridine rings is 1. The highest BCUT2D eigenvalue weighted by Crippen LogP contribution is 2.14. The maximum Gasteiger partial charge on any atom is 0.214 e. The predicted molar refractivity (Wildman–Crippen MR) is 53.7 cm³/mol. The fraction of sp³-hybridized carbons (Fsp3) is 0.500. The van der Waals surface area contributed by atoms with Crippen LogP contribution in [0.4, 0.5) is 10.1 Å². The number of likely N-dealkylation sites (tertiary alicyclic amines) is 1. The van der Waals surface area contributed by atoms with Crippen LogP contribution in [0.5, 0.6) is 0 Å². The number of rotatable bonds is 3. The number of halogens is 1. The molecular formula is C10H14FN3. The molecule has 1 aliphatic heterocycles. The molecule has 0 amide bonds. The molecule has 0 saturated carbocycles. The Morgan fingerprint density at radius 3 is 3.07 bits per heavy atom. The molecule has 0 atom stereocenters. The third-order valence-corrected chi connectivity index (χ3v) is 2.50. The summed E-state index contributed by atoms with van der Waals surface area (Å²) in [7, 11) is 0. The van der Waals surface area contributed by atoms with Crippen molar-refractivity contribution in [3.63, 3.8) is 0 Å². The molecule has 1 aliphatic rings. The smallest absolute Gasteiger partial charge is 0.214 e. The maximum atomic E-state index is 12.7. The minimum atomic E-state index is -0.429. The third kappa shape index (κ3) is 2.01. The zero-order valence-electron chi connectivity index (χ0n) is 8.20. The van der Waals surface area contributed by atoms with Crippen LogP contribution < -0.4 is 5.32 Å². The number of nitrogens with one attached hydrogen (secondary N) is 1. The number of likely N-dealkylation sites (N-methyl/N-ethyl adjacent to an activating group) is 1. The molecule has 1 aromatic rings. The highest BCUT2D eigenvalue weighted by atomic mass is 19.1. The number of hydrogen-bond acceptors (Lipinski definition) is 3. The number of anilines is 1. The quantitative estimate of drug-likeness (QED) is 0.738. The second-order valence-electron chi connectivity index (χ2n) is 3.56. The van der Waals surface area contributed by atoms with E-state index in [1.54, 1.807) is 6.07 Å². The summed E-state index contributed by atoms with van der Waals surface area (Å²) >= 11 is 0. The highest BCUT2D eigenvalue weighted by Gasteiger charge is 2.24. The zero-order valence-corrected chi connectivity index (χ0v) is 8.20. The van der Waals surface area contributed by atoms with E-state index in [0.717, 1.165) is 25.3 Å². The molecule has 0 aromatic carbocycles. The summed E-state index contributed by atoms with van der Waals surface area (Å²) in [5.74, 6) is -0.429. The summed E-state index contributed by atoms with van der Waals surface area (Å²) in [5, 5.41) is 3.26. The number of aromatic nitrogens is 1. The molecule has 1 N–H and O–H groups in total. The summed E-state index contributed by atoms with van der Waals surface area (Å²) in [5.41, 5.74) is 0.818. The van der Waals surface area contributed by atoms with Crippen molar-refractivity contribution in [3.8, 4) is 0 Å². The SMILES string of the molecule is CCN1CC(Nc2ccnc(F)c2)C1. The van der Waals surface area contributed by atoms with Gasteiger partial charge in [0.1, 0.15) is 0 Å². The zero-order chi connectivity index (χ0) is 9.97. The summed E-state index contributed by atoms with van der Waals surface area (Å²) in [4.78, 5) is 5.83. The molecule has 14 heavy (non-hydrogen) atoms. The van der Waals surface area contributed by atoms with Crippen molar-refractivity contribution in [1.82, 2.24) is 9.88 Å². The predicted octanol–water partition coefficient (Wildman–Crippen LogP) is 1.34. The van der Waals surface area contributed by atoms with Crippen molar-refractivity contribution in [2.75, 3.05) is 25.0 Å². The lowest BCUT2D eigenvalue weighted by Gasteiger charge is -2.39. The van der Waals surface area contributed by atoms with Crippen LogP contribution in [0.25, 0.3) is 0 Å². The van der Waals surface area contributed by atoms with Gasteiger partial charge in [0.25, 0.3) is 0 Å². The van der Waals surface area contributed by atoms with Gasteiger partial charge >= 0.3 is 0 Å². The molecule has 4 heteroatoms. The van der Waals surface area contributed by atoms with E-state index < -0.39 is 5.95 Å². The lowest BCUT2D eigenvalue weighted by atomic mass is 10.1. The van der Waals surface area contributed by atoms with E-state index in [-0.39, 0.29) is 0 Å². The van der Waals surface area contributed by atoms with Crippen molar-refractivity contribution in [2.45, 2.75) is 13.0 Å². The minimum Gasteiger partial charge on any atom is -0.380 e. The Kier molecular flexibility index (Phi) is 2.63. The van der Waals surface area contributed by atoms with Gasteiger partial charge in [-0.05, 0) is 12.6 Å². The van der Waals surface area contributed by atoms with E-state index in [1.807, 2.05) is 0 Å². The van der Waals surface area contributed by atoms with Crippen LogP contribution in [0.1, 0.15) is 6.92 Å². The van der Waals surface area contributed by atoms with Gasteiger partial charge in [0.15, 0.2) is 0 Å². The Bertz CT molecular complexity index is 310. The topological polar surface area (TPSA) is 28.2 Å². The van der Waals surface area contributed by atoms with Gasteiger partial charge in [-0.25, -0.2) is 4.98 Å². The Morgan fingerprint density at radius 2 is 2.43 bits per heavy atom. The van der Waals surface area contributed by atoms with Crippen LogP contribution in [0.3, 0.4) is 0 Å². The van der Waals surface area contributed by atoms with Gasteiger partial charge in [0.05, 0.1) is 6.04 Å². The second-order valence-corrected chi connectivity index (χ2v) is 3.56. The molecule has 1 fully saturated rings. The van der Waals surface area contributed by atoms with Gasteiger partial charge in [-0.15, -0.1) is 0 Å². The average molecular weight is 195 g/mol. The van der Waals surface area contributed by atoms with Gasteiger partial charge in [-0.2, -0.15) is 4.39 Å². The molecule has 0 unspecified atom stereocenters. The van der Waals surface area contributed by atoms with Crippen LogP contribution in [-0.4, -0.2) is 35.6 Å². The summed E-state index contributed by atoms with van der Waals surface area (Å²) in [6, 6.07) is 3.67. The first kappa shape index (κ1) is 9.40. The van der Waals surface area contributed by atoms with Gasteiger partial charge < -0.3 is 5.32 Å². The van der Waals surface area contributed by atoms with Gasteiger partial charge in [0.2, 0.25) is 5.95 Å². The Balaban J connectivity index is 1.87. The van der Waals surface area contributed by atoms with E-state index in [1.165, 1.54) is 12.3 Å². The average Bonchev–Trinajstić information content (AvgIpc) is 2.10. The molecule has 2 heterocycles. The second kappa shape index (κ2) is 3.92. The Hall–Kier alpha value is -1.16. The molecule has 0 bridgehead atoms. The first-order valence-electron chi connectivity index (χ1n) is 4.88. The number of hydrogen-bond donors (Lipinski definition) is 1. The van der Waals surface area contributed by atoms with Gasteiger partial charge in [-0.1, -0.05) is 6.92 Å². The van der Waals surface area contributed by atoms with E-state index in [4.69, 9.17) is 0 Å². The first-order chi connectivity index (χ1) is 6.78. The van der Waals surface area contributed by atoms with E-state index in [0.29, 0.717) is 6.04 Å². The molecule has 1 saturated heterocycles. The van der Waals surface area contributed by atoms with Crippen molar-refractivity contribution in [2.24, 2.45) is 0 Å². The molecule has 0 spiro atoms. The van der Waals surface area contributed by atoms with Crippen LogP contribution >= 0.6 is 0 Å². The van der Waals surface area contributed by atoms with Crippen molar-refractivity contribution < 1.29 is 4.39 Å². The Morgan fingerprint density at radius 1 is 1.64 bits per heavy atom. The van der Waals surface area contributed by atoms with Gasteiger partial charge in [-0.3, -0.25) is 4.90 Å². The van der Waals surface area contributed by atoms with Gasteiger partial charge in [0, 0.05) is 31.0 Å². The highest BCUT2D eigenvalue weighted by molar-refractivity contribution is 5.43. The maximum absolute atomic E-state index is 12.7. The molecular weight excluding hydrogens is 181 g/mol. The van der Waals surface area contributed by atoms with E-state index in [9.17, 15) is 4.39 Å². The summed E-state index contributed by atoms with van der Waals surface area (Å²) in [6.45, 7) is 5.31. The largest absolute Gasteiger partial charge is 0.380 e. The first-order valence-corrected chi connectivity index (χ1v) is 4.88. The molecule has 1 aromatic heterocycles. The minimum absolute atomic E-state index is 0.429.